The van der Waals surface area contributed by atoms with E-state index in [1.54, 1.807) is 7.05 Å². The van der Waals surface area contributed by atoms with E-state index in [0.717, 1.165) is 30.8 Å². The highest BCUT2D eigenvalue weighted by Gasteiger charge is 2.28. The molecular weight excluding hydrogens is 324 g/mol. The summed E-state index contributed by atoms with van der Waals surface area (Å²) in [6, 6.07) is -0.00229. The van der Waals surface area contributed by atoms with E-state index >= 15 is 0 Å². The van der Waals surface area contributed by atoms with E-state index in [-0.39, 0.29) is 17.5 Å². The molecule has 140 valence electrons. The van der Waals surface area contributed by atoms with E-state index in [0.29, 0.717) is 6.42 Å². The van der Waals surface area contributed by atoms with Gasteiger partial charge in [-0.2, -0.15) is 0 Å². The van der Waals surface area contributed by atoms with Gasteiger partial charge in [0, 0.05) is 32.7 Å². The number of likely N-dealkylation sites (tertiary alicyclic amines) is 1. The average molecular weight is 359 g/mol. The van der Waals surface area contributed by atoms with Crippen molar-refractivity contribution in [2.45, 2.75) is 45.6 Å². The Morgan fingerprint density at radius 1 is 1.21 bits per heavy atom. The molecule has 6 nitrogen and oxygen atoms in total. The van der Waals surface area contributed by atoms with E-state index in [1.165, 1.54) is 32.5 Å². The van der Waals surface area contributed by atoms with Crippen molar-refractivity contribution in [3.05, 3.63) is 0 Å². The summed E-state index contributed by atoms with van der Waals surface area (Å²) in [6.07, 6.45) is 4.31. The van der Waals surface area contributed by atoms with Gasteiger partial charge in [-0.15, -0.1) is 0 Å². The Kier molecular flexibility index (Phi) is 7.34. The highest BCUT2D eigenvalue weighted by Crippen LogP contribution is 2.20. The van der Waals surface area contributed by atoms with Crippen LogP contribution in [0.4, 0.5) is 0 Å². The number of hydrogen-bond donors (Lipinski definition) is 2. The molecule has 0 radical (unpaired) electrons. The molecule has 0 aromatic carbocycles. The summed E-state index contributed by atoms with van der Waals surface area (Å²) in [7, 11) is -1.12. The fraction of sp³-hybridized carbons (Fsp3) is 0.941. The highest BCUT2D eigenvalue weighted by molar-refractivity contribution is 7.91. The fourth-order valence-corrected chi connectivity index (χ4v) is 5.61. The SMILES string of the molecule is CN=C(NCCCCN1CC(C)CC(C)C1)NC1CCS(=O)(=O)C1. The first-order valence-electron chi connectivity index (χ1n) is 9.28. The van der Waals surface area contributed by atoms with Gasteiger partial charge in [0.1, 0.15) is 0 Å². The lowest BCUT2D eigenvalue weighted by molar-refractivity contribution is 0.139. The molecule has 0 aliphatic carbocycles. The lowest BCUT2D eigenvalue weighted by Gasteiger charge is -2.34. The van der Waals surface area contributed by atoms with E-state index in [9.17, 15) is 8.42 Å². The van der Waals surface area contributed by atoms with Crippen LogP contribution in [-0.2, 0) is 9.84 Å². The molecule has 2 N–H and O–H groups in total. The number of hydrogen-bond acceptors (Lipinski definition) is 4. The van der Waals surface area contributed by atoms with Crippen molar-refractivity contribution in [2.24, 2.45) is 16.8 Å². The molecule has 0 amide bonds. The molecule has 2 aliphatic rings. The molecule has 0 saturated carbocycles. The zero-order valence-corrected chi connectivity index (χ0v) is 16.2. The summed E-state index contributed by atoms with van der Waals surface area (Å²) in [4.78, 5) is 6.79. The van der Waals surface area contributed by atoms with Crippen molar-refractivity contribution in [1.82, 2.24) is 15.5 Å². The second-order valence-corrected chi connectivity index (χ2v) is 9.88. The number of sulfone groups is 1. The number of unbranched alkanes of at least 4 members (excludes halogenated alkanes) is 1. The molecule has 2 saturated heterocycles. The predicted molar refractivity (Wildman–Crippen MR) is 100 cm³/mol. The minimum Gasteiger partial charge on any atom is -0.356 e. The number of guanidine groups is 1. The number of nitrogens with one attached hydrogen (secondary N) is 2. The molecule has 7 heteroatoms. The molecule has 3 unspecified atom stereocenters. The van der Waals surface area contributed by atoms with Crippen LogP contribution in [0, 0.1) is 11.8 Å². The maximum atomic E-state index is 11.5. The van der Waals surface area contributed by atoms with E-state index in [2.05, 4.69) is 34.4 Å². The van der Waals surface area contributed by atoms with Gasteiger partial charge < -0.3 is 15.5 Å². The van der Waals surface area contributed by atoms with Crippen molar-refractivity contribution in [2.75, 3.05) is 44.7 Å². The fourth-order valence-electron chi connectivity index (χ4n) is 3.94. The Balaban J connectivity index is 1.59. The molecule has 3 atom stereocenters. The summed E-state index contributed by atoms with van der Waals surface area (Å²) in [6.45, 7) is 9.21. The first-order valence-corrected chi connectivity index (χ1v) is 11.1. The molecule has 0 aromatic heterocycles. The normalized spacial score (nSPS) is 31.1. The lowest BCUT2D eigenvalue weighted by atomic mass is 9.92. The zero-order valence-electron chi connectivity index (χ0n) is 15.4. The van der Waals surface area contributed by atoms with Gasteiger partial charge in [-0.05, 0) is 44.1 Å². The largest absolute Gasteiger partial charge is 0.356 e. The first kappa shape index (κ1) is 19.5. The van der Waals surface area contributed by atoms with Gasteiger partial charge in [0.05, 0.1) is 11.5 Å². The third-order valence-electron chi connectivity index (χ3n) is 4.93. The summed E-state index contributed by atoms with van der Waals surface area (Å²) in [5, 5.41) is 6.53. The van der Waals surface area contributed by atoms with Crippen LogP contribution in [0.5, 0.6) is 0 Å². The van der Waals surface area contributed by atoms with Crippen LogP contribution >= 0.6 is 0 Å². The number of nitrogens with zero attached hydrogens (tertiary/aromatic N) is 2. The number of aliphatic imine (C=N–C) groups is 1. The number of piperidine rings is 1. The Morgan fingerprint density at radius 2 is 1.92 bits per heavy atom. The van der Waals surface area contributed by atoms with Crippen LogP contribution in [0.1, 0.15) is 39.5 Å². The minimum atomic E-state index is -2.85. The summed E-state index contributed by atoms with van der Waals surface area (Å²) in [5.41, 5.74) is 0. The van der Waals surface area contributed by atoms with Crippen LogP contribution in [0.2, 0.25) is 0 Å². The number of rotatable bonds is 6. The van der Waals surface area contributed by atoms with Crippen LogP contribution in [-0.4, -0.2) is 70.1 Å². The predicted octanol–water partition coefficient (Wildman–Crippen LogP) is 1.10. The zero-order chi connectivity index (χ0) is 17.6. The van der Waals surface area contributed by atoms with Crippen LogP contribution in [0.3, 0.4) is 0 Å². The second-order valence-electron chi connectivity index (χ2n) is 7.66. The van der Waals surface area contributed by atoms with Crippen molar-refractivity contribution in [1.29, 1.82) is 0 Å². The van der Waals surface area contributed by atoms with Crippen molar-refractivity contribution < 1.29 is 8.42 Å². The van der Waals surface area contributed by atoms with Crippen molar-refractivity contribution in [3.63, 3.8) is 0 Å². The minimum absolute atomic E-state index is 0.00229. The molecule has 2 rings (SSSR count). The van der Waals surface area contributed by atoms with E-state index in [4.69, 9.17) is 0 Å². The maximum absolute atomic E-state index is 11.5. The molecule has 0 spiro atoms. The third kappa shape index (κ3) is 6.59. The maximum Gasteiger partial charge on any atom is 0.191 e. The van der Waals surface area contributed by atoms with Gasteiger partial charge in [0.15, 0.2) is 15.8 Å². The van der Waals surface area contributed by atoms with Crippen LogP contribution < -0.4 is 10.6 Å². The molecule has 2 heterocycles. The molecule has 2 aliphatic heterocycles. The Bertz CT molecular complexity index is 511. The Labute approximate surface area is 147 Å². The smallest absolute Gasteiger partial charge is 0.191 e. The van der Waals surface area contributed by atoms with Gasteiger partial charge in [-0.1, -0.05) is 13.8 Å². The quantitative estimate of drug-likeness (QED) is 0.422. The molecule has 0 bridgehead atoms. The lowest BCUT2D eigenvalue weighted by Crippen LogP contribution is -2.44. The van der Waals surface area contributed by atoms with Gasteiger partial charge >= 0.3 is 0 Å². The third-order valence-corrected chi connectivity index (χ3v) is 6.70. The summed E-state index contributed by atoms with van der Waals surface area (Å²) < 4.78 is 23.0. The van der Waals surface area contributed by atoms with Crippen molar-refractivity contribution in [3.8, 4) is 0 Å². The standard InChI is InChI=1S/C17H34N4O2S/c1-14-10-15(2)12-21(11-14)8-5-4-7-19-17(18-3)20-16-6-9-24(22,23)13-16/h14-16H,4-13H2,1-3H3,(H2,18,19,20). The summed E-state index contributed by atoms with van der Waals surface area (Å²) in [5.74, 6) is 2.86. The van der Waals surface area contributed by atoms with Gasteiger partial charge in [-0.25, -0.2) is 8.42 Å². The second kappa shape index (κ2) is 9.04. The molecule has 2 fully saturated rings. The monoisotopic (exact) mass is 358 g/mol. The summed E-state index contributed by atoms with van der Waals surface area (Å²) >= 11 is 0. The van der Waals surface area contributed by atoms with Crippen LogP contribution in [0.25, 0.3) is 0 Å². The van der Waals surface area contributed by atoms with Gasteiger partial charge in [0.25, 0.3) is 0 Å². The van der Waals surface area contributed by atoms with Gasteiger partial charge in [0.2, 0.25) is 0 Å². The average Bonchev–Trinajstić information content (AvgIpc) is 2.83. The van der Waals surface area contributed by atoms with Crippen molar-refractivity contribution >= 4 is 15.8 Å². The Morgan fingerprint density at radius 3 is 2.50 bits per heavy atom. The van der Waals surface area contributed by atoms with Gasteiger partial charge in [-0.3, -0.25) is 4.99 Å². The highest BCUT2D eigenvalue weighted by atomic mass is 32.2. The first-order chi connectivity index (χ1) is 11.4. The topological polar surface area (TPSA) is 73.8 Å². The molecule has 0 aromatic rings. The molecule has 24 heavy (non-hydrogen) atoms. The van der Waals surface area contributed by atoms with Crippen LogP contribution in [0.15, 0.2) is 4.99 Å². The Hall–Kier alpha value is -0.820. The van der Waals surface area contributed by atoms with E-state index < -0.39 is 9.84 Å². The van der Waals surface area contributed by atoms with E-state index in [1.807, 2.05) is 0 Å². The molecular formula is C17H34N4O2S.